The molecular weight excluding hydrogens is 518 g/mol. The van der Waals surface area contributed by atoms with Crippen LogP contribution in [0.25, 0.3) is 11.5 Å². The minimum atomic E-state index is -4.13. The third-order valence-corrected chi connectivity index (χ3v) is 7.44. The van der Waals surface area contributed by atoms with E-state index in [4.69, 9.17) is 9.15 Å². The van der Waals surface area contributed by atoms with Crippen LogP contribution >= 0.6 is 0 Å². The molecule has 0 aliphatic heterocycles. The lowest BCUT2D eigenvalue weighted by Crippen LogP contribution is -2.39. The maximum absolute atomic E-state index is 13.0. The van der Waals surface area contributed by atoms with Crippen molar-refractivity contribution in [3.8, 4) is 17.2 Å². The number of nitrogens with zero attached hydrogens (tertiary/aromatic N) is 2. The lowest BCUT2D eigenvalue weighted by Gasteiger charge is -2.21. The summed E-state index contributed by atoms with van der Waals surface area (Å²) in [6.07, 6.45) is 0.519. The lowest BCUT2D eigenvalue weighted by molar-refractivity contribution is -0.137. The molecule has 2 N–H and O–H groups in total. The molecule has 9 nitrogen and oxygen atoms in total. The van der Waals surface area contributed by atoms with E-state index in [1.165, 1.54) is 0 Å². The van der Waals surface area contributed by atoms with Crippen LogP contribution in [0.15, 0.2) is 77.2 Å². The molecule has 0 saturated heterocycles. The fourth-order valence-electron chi connectivity index (χ4n) is 3.89. The van der Waals surface area contributed by atoms with Crippen LogP contribution in [0, 0.1) is 20.8 Å². The van der Waals surface area contributed by atoms with Gasteiger partial charge in [0.2, 0.25) is 5.89 Å². The van der Waals surface area contributed by atoms with Gasteiger partial charge in [0.15, 0.2) is 0 Å². The second-order valence-corrected chi connectivity index (χ2v) is 10.9. The van der Waals surface area contributed by atoms with Crippen LogP contribution in [0.5, 0.6) is 5.75 Å². The molecule has 0 bridgehead atoms. The highest BCUT2D eigenvalue weighted by molar-refractivity contribution is 7.90. The van der Waals surface area contributed by atoms with Crippen molar-refractivity contribution in [3.63, 3.8) is 0 Å². The second-order valence-electron chi connectivity index (χ2n) is 9.27. The van der Waals surface area contributed by atoms with Crippen LogP contribution in [0.1, 0.15) is 28.1 Å². The highest BCUT2D eigenvalue weighted by Crippen LogP contribution is 2.23. The highest BCUT2D eigenvalue weighted by Gasteiger charge is 2.25. The number of oxazole rings is 1. The first-order valence-corrected chi connectivity index (χ1v) is 13.8. The SMILES string of the molecule is Cc1ccc(NS(=O)(=O)N(CC(=O)O)Cc2cccc(OCCc3nc(-c4ccc(C)cc4)oc3C)c2)cc1. The molecule has 0 aliphatic carbocycles. The smallest absolute Gasteiger partial charge is 0.318 e. The van der Waals surface area contributed by atoms with Crippen molar-refractivity contribution < 1.29 is 27.5 Å². The Morgan fingerprint density at radius 2 is 1.67 bits per heavy atom. The van der Waals surface area contributed by atoms with Gasteiger partial charge in [-0.1, -0.05) is 47.5 Å². The fourth-order valence-corrected chi connectivity index (χ4v) is 5.06. The average molecular weight is 550 g/mol. The van der Waals surface area contributed by atoms with Crippen molar-refractivity contribution in [2.45, 2.75) is 33.7 Å². The molecule has 39 heavy (non-hydrogen) atoms. The lowest BCUT2D eigenvalue weighted by atomic mass is 10.1. The van der Waals surface area contributed by atoms with E-state index >= 15 is 0 Å². The monoisotopic (exact) mass is 549 g/mol. The van der Waals surface area contributed by atoms with E-state index in [1.807, 2.05) is 45.0 Å². The number of anilines is 1. The molecule has 3 aromatic carbocycles. The van der Waals surface area contributed by atoms with Crippen molar-refractivity contribution in [3.05, 3.63) is 101 Å². The van der Waals surface area contributed by atoms with Gasteiger partial charge in [-0.15, -0.1) is 0 Å². The topological polar surface area (TPSA) is 122 Å². The Hall–Kier alpha value is -4.15. The van der Waals surface area contributed by atoms with Crippen LogP contribution in [-0.2, 0) is 28.0 Å². The van der Waals surface area contributed by atoms with Gasteiger partial charge in [-0.2, -0.15) is 12.7 Å². The van der Waals surface area contributed by atoms with Gasteiger partial charge in [-0.3, -0.25) is 9.52 Å². The maximum Gasteiger partial charge on any atom is 0.318 e. The summed E-state index contributed by atoms with van der Waals surface area (Å²) in [5.41, 5.74) is 4.76. The van der Waals surface area contributed by atoms with E-state index < -0.39 is 22.7 Å². The third-order valence-electron chi connectivity index (χ3n) is 6.01. The molecule has 0 atom stereocenters. The molecule has 0 amide bonds. The Morgan fingerprint density at radius 1 is 1.00 bits per heavy atom. The van der Waals surface area contributed by atoms with E-state index in [9.17, 15) is 18.3 Å². The number of hydrogen-bond acceptors (Lipinski definition) is 6. The first kappa shape index (κ1) is 27.9. The molecule has 0 unspecified atom stereocenters. The first-order chi connectivity index (χ1) is 18.6. The summed E-state index contributed by atoms with van der Waals surface area (Å²) in [5, 5.41) is 9.34. The fraction of sp³-hybridized carbons (Fsp3) is 0.241. The number of carboxylic acid groups (broad SMARTS) is 1. The van der Waals surface area contributed by atoms with Gasteiger partial charge < -0.3 is 14.3 Å². The Kier molecular flexibility index (Phi) is 8.68. The van der Waals surface area contributed by atoms with Crippen LogP contribution in [0.3, 0.4) is 0 Å². The minimum Gasteiger partial charge on any atom is -0.493 e. The molecule has 0 saturated carbocycles. The summed E-state index contributed by atoms with van der Waals surface area (Å²) >= 11 is 0. The molecule has 0 spiro atoms. The number of carboxylic acids is 1. The van der Waals surface area contributed by atoms with Crippen molar-refractivity contribution in [2.24, 2.45) is 0 Å². The number of nitrogens with one attached hydrogen (secondary N) is 1. The predicted octanol–water partition coefficient (Wildman–Crippen LogP) is 5.13. The summed E-state index contributed by atoms with van der Waals surface area (Å²) in [4.78, 5) is 16.1. The zero-order valence-corrected chi connectivity index (χ0v) is 22.9. The molecule has 10 heteroatoms. The van der Waals surface area contributed by atoms with Gasteiger partial charge in [-0.25, -0.2) is 4.98 Å². The molecule has 0 aliphatic rings. The first-order valence-electron chi connectivity index (χ1n) is 12.4. The van der Waals surface area contributed by atoms with E-state index in [-0.39, 0.29) is 6.54 Å². The van der Waals surface area contributed by atoms with Crippen molar-refractivity contribution >= 4 is 21.9 Å². The molecule has 0 radical (unpaired) electrons. The van der Waals surface area contributed by atoms with Crippen LogP contribution in [0.4, 0.5) is 5.69 Å². The summed E-state index contributed by atoms with van der Waals surface area (Å²) < 4.78 is 41.1. The van der Waals surface area contributed by atoms with Crippen LogP contribution in [-0.4, -0.2) is 41.9 Å². The van der Waals surface area contributed by atoms with Crippen LogP contribution in [0.2, 0.25) is 0 Å². The Balaban J connectivity index is 1.40. The van der Waals surface area contributed by atoms with E-state index in [1.54, 1.807) is 48.5 Å². The summed E-state index contributed by atoms with van der Waals surface area (Å²) in [6.45, 7) is 5.26. The van der Waals surface area contributed by atoms with Gasteiger partial charge in [0, 0.05) is 24.2 Å². The number of rotatable bonds is 12. The number of aryl methyl sites for hydroxylation is 3. The van der Waals surface area contributed by atoms with Crippen LogP contribution < -0.4 is 9.46 Å². The zero-order chi connectivity index (χ0) is 28.0. The van der Waals surface area contributed by atoms with Gasteiger partial charge >= 0.3 is 16.2 Å². The summed E-state index contributed by atoms with van der Waals surface area (Å²) in [7, 11) is -4.13. The second kappa shape index (κ2) is 12.1. The number of benzene rings is 3. The van der Waals surface area contributed by atoms with E-state index in [0.29, 0.717) is 35.9 Å². The Bertz CT molecular complexity index is 1530. The van der Waals surface area contributed by atoms with E-state index in [2.05, 4.69) is 9.71 Å². The van der Waals surface area contributed by atoms with Gasteiger partial charge in [-0.05, 0) is 62.7 Å². The predicted molar refractivity (Wildman–Crippen MR) is 149 cm³/mol. The van der Waals surface area contributed by atoms with Gasteiger partial charge in [0.05, 0.1) is 12.3 Å². The molecule has 4 rings (SSSR count). The van der Waals surface area contributed by atoms with Gasteiger partial charge in [0.25, 0.3) is 0 Å². The highest BCUT2D eigenvalue weighted by atomic mass is 32.2. The number of aliphatic carboxylic acids is 1. The zero-order valence-electron chi connectivity index (χ0n) is 22.0. The molecule has 1 aromatic heterocycles. The van der Waals surface area contributed by atoms with Crippen molar-refractivity contribution in [2.75, 3.05) is 17.9 Å². The Morgan fingerprint density at radius 3 is 2.33 bits per heavy atom. The number of hydrogen-bond donors (Lipinski definition) is 2. The summed E-state index contributed by atoms with van der Waals surface area (Å²) in [5.74, 6) is 0.554. The molecule has 204 valence electrons. The molecular formula is C29H31N3O6S. The standard InChI is InChI=1S/C29H31N3O6S/c1-20-7-11-24(12-8-20)29-30-27(22(3)38-29)15-16-37-26-6-4-5-23(17-26)18-32(19-28(33)34)39(35,36)31-25-13-9-21(2)10-14-25/h4-14,17,31H,15-16,18-19H2,1-3H3,(H,33,34). The number of aromatic nitrogens is 1. The third kappa shape index (κ3) is 7.68. The quantitative estimate of drug-likeness (QED) is 0.251. The molecule has 1 heterocycles. The Labute approximate surface area is 228 Å². The van der Waals surface area contributed by atoms with Crippen molar-refractivity contribution in [1.29, 1.82) is 0 Å². The van der Waals surface area contributed by atoms with E-state index in [0.717, 1.165) is 32.4 Å². The number of ether oxygens (including phenoxy) is 1. The summed E-state index contributed by atoms with van der Waals surface area (Å²) in [6, 6.07) is 21.7. The van der Waals surface area contributed by atoms with Gasteiger partial charge in [0.1, 0.15) is 18.1 Å². The molecule has 4 aromatic rings. The maximum atomic E-state index is 13.0. The largest absolute Gasteiger partial charge is 0.493 e. The normalized spacial score (nSPS) is 11.5. The number of carbonyl (C=O) groups is 1. The minimum absolute atomic E-state index is 0.146. The average Bonchev–Trinajstić information content (AvgIpc) is 3.25. The molecule has 0 fully saturated rings. The van der Waals surface area contributed by atoms with Crippen molar-refractivity contribution in [1.82, 2.24) is 9.29 Å².